The summed E-state index contributed by atoms with van der Waals surface area (Å²) >= 11 is 3.35. The van der Waals surface area contributed by atoms with Crippen LogP contribution >= 0.6 is 15.9 Å². The van der Waals surface area contributed by atoms with Gasteiger partial charge in [0.2, 0.25) is 0 Å². The van der Waals surface area contributed by atoms with Crippen LogP contribution in [0.2, 0.25) is 0 Å². The Morgan fingerprint density at radius 3 is 2.50 bits per heavy atom. The van der Waals surface area contributed by atoms with Gasteiger partial charge >= 0.3 is 5.97 Å². The number of hydrogen-bond acceptors (Lipinski definition) is 2. The van der Waals surface area contributed by atoms with Crippen molar-refractivity contribution in [2.75, 3.05) is 5.32 Å². The first-order valence-corrected chi connectivity index (χ1v) is 6.82. The fourth-order valence-corrected chi connectivity index (χ4v) is 2.16. The molecule has 0 saturated heterocycles. The number of rotatable bonds is 4. The predicted molar refractivity (Wildman–Crippen MR) is 79.5 cm³/mol. The number of carboxylic acid groups (broad SMARTS) is 1. The summed E-state index contributed by atoms with van der Waals surface area (Å²) in [6.07, 6.45) is 0. The minimum absolute atomic E-state index is 0.00965. The summed E-state index contributed by atoms with van der Waals surface area (Å²) in [6.45, 7) is 1.85. The van der Waals surface area contributed by atoms with E-state index in [4.69, 9.17) is 5.11 Å². The number of hydrogen-bond donors (Lipinski definition) is 2. The molecule has 5 heteroatoms. The minimum Gasteiger partial charge on any atom is -0.478 e. The third kappa shape index (κ3) is 3.17. The zero-order chi connectivity index (χ0) is 14.7. The number of para-hydroxylation sites is 1. The van der Waals surface area contributed by atoms with Crippen LogP contribution in [0.25, 0.3) is 0 Å². The standard InChI is InChI=1S/C15H13BrFNO2/c1-9(10-5-7-11(16)8-6-10)18-14-12(15(19)20)3-2-4-13(14)17/h2-9,18H,1H3,(H,19,20). The van der Waals surface area contributed by atoms with Crippen molar-refractivity contribution in [1.29, 1.82) is 0 Å². The lowest BCUT2D eigenvalue weighted by Crippen LogP contribution is -2.12. The molecule has 0 spiro atoms. The van der Waals surface area contributed by atoms with E-state index in [-0.39, 0.29) is 17.3 Å². The number of aromatic carboxylic acids is 1. The highest BCUT2D eigenvalue weighted by Gasteiger charge is 2.16. The van der Waals surface area contributed by atoms with Gasteiger partial charge in [-0.3, -0.25) is 0 Å². The van der Waals surface area contributed by atoms with Crippen molar-refractivity contribution in [3.63, 3.8) is 0 Å². The van der Waals surface area contributed by atoms with Gasteiger partial charge in [0.25, 0.3) is 0 Å². The summed E-state index contributed by atoms with van der Waals surface area (Å²) in [4.78, 5) is 11.1. The van der Waals surface area contributed by atoms with Gasteiger partial charge in [-0.2, -0.15) is 0 Å². The smallest absolute Gasteiger partial charge is 0.337 e. The van der Waals surface area contributed by atoms with Crippen molar-refractivity contribution in [3.8, 4) is 0 Å². The van der Waals surface area contributed by atoms with Gasteiger partial charge in [-0.05, 0) is 36.8 Å². The molecule has 1 unspecified atom stereocenters. The lowest BCUT2D eigenvalue weighted by molar-refractivity contribution is 0.0697. The zero-order valence-electron chi connectivity index (χ0n) is 10.7. The van der Waals surface area contributed by atoms with Gasteiger partial charge in [0, 0.05) is 10.5 Å². The van der Waals surface area contributed by atoms with Crippen LogP contribution in [0, 0.1) is 5.82 Å². The molecule has 2 N–H and O–H groups in total. The molecular formula is C15H13BrFNO2. The van der Waals surface area contributed by atoms with Gasteiger partial charge in [-0.1, -0.05) is 34.1 Å². The highest BCUT2D eigenvalue weighted by molar-refractivity contribution is 9.10. The van der Waals surface area contributed by atoms with Crippen molar-refractivity contribution < 1.29 is 14.3 Å². The highest BCUT2D eigenvalue weighted by Crippen LogP contribution is 2.26. The van der Waals surface area contributed by atoms with Crippen molar-refractivity contribution in [3.05, 3.63) is 63.9 Å². The second kappa shape index (κ2) is 6.05. The molecule has 0 heterocycles. The van der Waals surface area contributed by atoms with E-state index in [0.29, 0.717) is 0 Å². The number of carbonyl (C=O) groups is 1. The summed E-state index contributed by atoms with van der Waals surface area (Å²) in [5, 5.41) is 12.0. The SMILES string of the molecule is CC(Nc1c(F)cccc1C(=O)O)c1ccc(Br)cc1. The van der Waals surface area contributed by atoms with E-state index in [0.717, 1.165) is 10.0 Å². The fraction of sp³-hybridized carbons (Fsp3) is 0.133. The summed E-state index contributed by atoms with van der Waals surface area (Å²) in [6, 6.07) is 11.3. The van der Waals surface area contributed by atoms with Crippen molar-refractivity contribution in [2.24, 2.45) is 0 Å². The lowest BCUT2D eigenvalue weighted by atomic mass is 10.1. The first-order chi connectivity index (χ1) is 9.49. The first kappa shape index (κ1) is 14.5. The fourth-order valence-electron chi connectivity index (χ4n) is 1.90. The molecule has 0 bridgehead atoms. The van der Waals surface area contributed by atoms with Gasteiger partial charge in [-0.25, -0.2) is 9.18 Å². The minimum atomic E-state index is -1.16. The Morgan fingerprint density at radius 2 is 1.90 bits per heavy atom. The van der Waals surface area contributed by atoms with Crippen LogP contribution in [-0.4, -0.2) is 11.1 Å². The van der Waals surface area contributed by atoms with E-state index in [1.165, 1.54) is 18.2 Å². The zero-order valence-corrected chi connectivity index (χ0v) is 12.3. The second-order valence-corrected chi connectivity index (χ2v) is 5.30. The monoisotopic (exact) mass is 337 g/mol. The number of carboxylic acids is 1. The normalized spacial score (nSPS) is 11.9. The molecule has 1 atom stereocenters. The van der Waals surface area contributed by atoms with E-state index in [2.05, 4.69) is 21.2 Å². The molecule has 0 aliphatic heterocycles. The topological polar surface area (TPSA) is 49.3 Å². The van der Waals surface area contributed by atoms with Gasteiger partial charge in [0.05, 0.1) is 11.3 Å². The molecule has 0 radical (unpaired) electrons. The molecule has 2 aromatic rings. The summed E-state index contributed by atoms with van der Waals surface area (Å²) < 4.78 is 14.8. The maximum Gasteiger partial charge on any atom is 0.337 e. The molecule has 20 heavy (non-hydrogen) atoms. The third-order valence-electron chi connectivity index (χ3n) is 2.97. The Kier molecular flexibility index (Phi) is 4.39. The van der Waals surface area contributed by atoms with Crippen molar-refractivity contribution in [2.45, 2.75) is 13.0 Å². The molecule has 0 aliphatic carbocycles. The molecule has 3 nitrogen and oxygen atoms in total. The summed E-state index contributed by atoms with van der Waals surface area (Å²) in [7, 11) is 0. The van der Waals surface area contributed by atoms with Gasteiger partial charge in [0.15, 0.2) is 0 Å². The van der Waals surface area contributed by atoms with Crippen LogP contribution in [-0.2, 0) is 0 Å². The average Bonchev–Trinajstić information content (AvgIpc) is 2.41. The molecule has 0 saturated carbocycles. The summed E-state index contributed by atoms with van der Waals surface area (Å²) in [5.41, 5.74) is 0.872. The van der Waals surface area contributed by atoms with Gasteiger partial charge < -0.3 is 10.4 Å². The lowest BCUT2D eigenvalue weighted by Gasteiger charge is -2.18. The van der Waals surface area contributed by atoms with Crippen molar-refractivity contribution in [1.82, 2.24) is 0 Å². The second-order valence-electron chi connectivity index (χ2n) is 4.39. The molecular weight excluding hydrogens is 325 g/mol. The Morgan fingerprint density at radius 1 is 1.25 bits per heavy atom. The van der Waals surface area contributed by atoms with Gasteiger partial charge in [0.1, 0.15) is 5.82 Å². The molecule has 2 aromatic carbocycles. The van der Waals surface area contributed by atoms with Crippen molar-refractivity contribution >= 4 is 27.6 Å². The van der Waals surface area contributed by atoms with Crippen LogP contribution in [0.1, 0.15) is 28.9 Å². The molecule has 2 rings (SSSR count). The highest BCUT2D eigenvalue weighted by atomic mass is 79.9. The Labute approximate surface area is 124 Å². The number of anilines is 1. The van der Waals surface area contributed by atoms with E-state index in [1.54, 1.807) is 0 Å². The van der Waals surface area contributed by atoms with Gasteiger partial charge in [-0.15, -0.1) is 0 Å². The predicted octanol–water partition coefficient (Wildman–Crippen LogP) is 4.46. The quantitative estimate of drug-likeness (QED) is 0.865. The largest absolute Gasteiger partial charge is 0.478 e. The molecule has 0 aliphatic rings. The maximum absolute atomic E-state index is 13.8. The third-order valence-corrected chi connectivity index (χ3v) is 3.50. The number of nitrogens with one attached hydrogen (secondary N) is 1. The molecule has 0 aromatic heterocycles. The van der Waals surface area contributed by atoms with E-state index < -0.39 is 11.8 Å². The van der Waals surface area contributed by atoms with Crippen LogP contribution < -0.4 is 5.32 Å². The maximum atomic E-state index is 13.8. The van der Waals surface area contributed by atoms with Crippen LogP contribution in [0.15, 0.2) is 46.9 Å². The molecule has 0 amide bonds. The number of halogens is 2. The van der Waals surface area contributed by atoms with Crippen LogP contribution in [0.5, 0.6) is 0 Å². The number of benzene rings is 2. The van der Waals surface area contributed by atoms with E-state index in [1.807, 2.05) is 31.2 Å². The Balaban J connectivity index is 2.30. The molecule has 104 valence electrons. The van der Waals surface area contributed by atoms with E-state index >= 15 is 0 Å². The Bertz CT molecular complexity index is 628. The first-order valence-electron chi connectivity index (χ1n) is 6.03. The van der Waals surface area contributed by atoms with E-state index in [9.17, 15) is 9.18 Å². The average molecular weight is 338 g/mol. The molecule has 0 fully saturated rings. The summed E-state index contributed by atoms with van der Waals surface area (Å²) in [5.74, 6) is -1.73. The van der Waals surface area contributed by atoms with Crippen LogP contribution in [0.3, 0.4) is 0 Å². The Hall–Kier alpha value is -1.88. The van der Waals surface area contributed by atoms with Crippen LogP contribution in [0.4, 0.5) is 10.1 Å².